The summed E-state index contributed by atoms with van der Waals surface area (Å²) in [5, 5.41) is 7.54. The van der Waals surface area contributed by atoms with Gasteiger partial charge in [0.1, 0.15) is 5.69 Å². The first-order valence-electron chi connectivity index (χ1n) is 5.98. The Bertz CT molecular complexity index is 504. The van der Waals surface area contributed by atoms with Crippen LogP contribution in [0.4, 0.5) is 0 Å². The standard InChI is InChI=1S/C12H18N4O2/c1-4-5-13-8-11-14-7-10(18-11)9-6-12(17-3)16(2)15-9/h6-7,13H,4-5,8H2,1-3H3. The third kappa shape index (κ3) is 2.70. The molecule has 2 aromatic rings. The number of aromatic nitrogens is 3. The van der Waals surface area contributed by atoms with Gasteiger partial charge in [-0.3, -0.25) is 0 Å². The average Bonchev–Trinajstić information content (AvgIpc) is 2.96. The first-order chi connectivity index (χ1) is 8.74. The number of hydrogen-bond donors (Lipinski definition) is 1. The molecule has 2 heterocycles. The van der Waals surface area contributed by atoms with E-state index in [0.717, 1.165) is 18.7 Å². The molecule has 0 atom stereocenters. The monoisotopic (exact) mass is 250 g/mol. The van der Waals surface area contributed by atoms with E-state index in [-0.39, 0.29) is 0 Å². The van der Waals surface area contributed by atoms with Crippen molar-refractivity contribution in [2.75, 3.05) is 13.7 Å². The van der Waals surface area contributed by atoms with Crippen LogP contribution in [0, 0.1) is 0 Å². The Morgan fingerprint density at radius 1 is 1.50 bits per heavy atom. The van der Waals surface area contributed by atoms with Crippen molar-refractivity contribution in [1.82, 2.24) is 20.1 Å². The van der Waals surface area contributed by atoms with Crippen molar-refractivity contribution in [3.05, 3.63) is 18.2 Å². The molecule has 0 fully saturated rings. The summed E-state index contributed by atoms with van der Waals surface area (Å²) in [4.78, 5) is 4.21. The largest absolute Gasteiger partial charge is 0.481 e. The fourth-order valence-corrected chi connectivity index (χ4v) is 1.64. The zero-order chi connectivity index (χ0) is 13.0. The van der Waals surface area contributed by atoms with Gasteiger partial charge in [0, 0.05) is 13.1 Å². The lowest BCUT2D eigenvalue weighted by Crippen LogP contribution is -2.13. The number of aryl methyl sites for hydroxylation is 1. The molecular weight excluding hydrogens is 232 g/mol. The van der Waals surface area contributed by atoms with E-state index < -0.39 is 0 Å². The van der Waals surface area contributed by atoms with Gasteiger partial charge < -0.3 is 14.5 Å². The number of nitrogens with zero attached hydrogens (tertiary/aromatic N) is 3. The molecule has 0 radical (unpaired) electrons. The van der Waals surface area contributed by atoms with E-state index in [4.69, 9.17) is 9.15 Å². The van der Waals surface area contributed by atoms with Gasteiger partial charge in [-0.15, -0.1) is 0 Å². The Morgan fingerprint density at radius 2 is 2.33 bits per heavy atom. The van der Waals surface area contributed by atoms with Gasteiger partial charge in [-0.25, -0.2) is 9.67 Å². The predicted octanol–water partition coefficient (Wildman–Crippen LogP) is 1.58. The van der Waals surface area contributed by atoms with Gasteiger partial charge >= 0.3 is 0 Å². The summed E-state index contributed by atoms with van der Waals surface area (Å²) in [5.41, 5.74) is 0.726. The van der Waals surface area contributed by atoms with Crippen LogP contribution in [0.5, 0.6) is 5.88 Å². The van der Waals surface area contributed by atoms with Crippen LogP contribution in [0.1, 0.15) is 19.2 Å². The van der Waals surface area contributed by atoms with Gasteiger partial charge in [0.25, 0.3) is 0 Å². The molecule has 0 saturated carbocycles. The molecule has 1 N–H and O–H groups in total. The van der Waals surface area contributed by atoms with Crippen LogP contribution in [-0.2, 0) is 13.6 Å². The van der Waals surface area contributed by atoms with Crippen LogP contribution in [0.25, 0.3) is 11.5 Å². The summed E-state index contributed by atoms with van der Waals surface area (Å²) in [5.74, 6) is 2.01. The van der Waals surface area contributed by atoms with E-state index in [1.165, 1.54) is 0 Å². The number of hydrogen-bond acceptors (Lipinski definition) is 5. The second-order valence-corrected chi connectivity index (χ2v) is 3.99. The fraction of sp³-hybridized carbons (Fsp3) is 0.500. The molecule has 0 saturated heterocycles. The summed E-state index contributed by atoms with van der Waals surface area (Å²) in [6.07, 6.45) is 2.77. The molecule has 0 aliphatic rings. The van der Waals surface area contributed by atoms with E-state index in [1.807, 2.05) is 13.1 Å². The Kier molecular flexibility index (Phi) is 3.99. The summed E-state index contributed by atoms with van der Waals surface area (Å²) >= 11 is 0. The highest BCUT2D eigenvalue weighted by Crippen LogP contribution is 2.23. The minimum absolute atomic E-state index is 0.637. The Balaban J connectivity index is 2.08. The van der Waals surface area contributed by atoms with E-state index in [2.05, 4.69) is 22.3 Å². The van der Waals surface area contributed by atoms with Gasteiger partial charge in [-0.2, -0.15) is 5.10 Å². The van der Waals surface area contributed by atoms with Crippen molar-refractivity contribution in [2.45, 2.75) is 19.9 Å². The van der Waals surface area contributed by atoms with Crippen molar-refractivity contribution in [3.8, 4) is 17.3 Å². The average molecular weight is 250 g/mol. The highest BCUT2D eigenvalue weighted by molar-refractivity contribution is 5.52. The molecule has 0 amide bonds. The molecule has 6 nitrogen and oxygen atoms in total. The van der Waals surface area contributed by atoms with Crippen LogP contribution in [0.15, 0.2) is 16.7 Å². The molecule has 6 heteroatoms. The van der Waals surface area contributed by atoms with E-state index in [0.29, 0.717) is 24.1 Å². The molecule has 0 spiro atoms. The van der Waals surface area contributed by atoms with Crippen LogP contribution in [-0.4, -0.2) is 28.4 Å². The summed E-state index contributed by atoms with van der Waals surface area (Å²) in [6.45, 7) is 3.71. The molecule has 2 rings (SSSR count). The molecule has 0 aliphatic heterocycles. The maximum absolute atomic E-state index is 5.62. The fourth-order valence-electron chi connectivity index (χ4n) is 1.64. The lowest BCUT2D eigenvalue weighted by atomic mass is 10.4. The van der Waals surface area contributed by atoms with E-state index >= 15 is 0 Å². The third-order valence-corrected chi connectivity index (χ3v) is 2.56. The second kappa shape index (κ2) is 5.68. The third-order valence-electron chi connectivity index (χ3n) is 2.56. The van der Waals surface area contributed by atoms with Gasteiger partial charge in [0.05, 0.1) is 19.9 Å². The summed E-state index contributed by atoms with van der Waals surface area (Å²) in [6, 6.07) is 1.82. The van der Waals surface area contributed by atoms with Crippen molar-refractivity contribution in [2.24, 2.45) is 7.05 Å². The molecule has 0 aliphatic carbocycles. The molecule has 98 valence electrons. The molecule has 0 aromatic carbocycles. The number of oxazole rings is 1. The second-order valence-electron chi connectivity index (χ2n) is 3.99. The van der Waals surface area contributed by atoms with E-state index in [9.17, 15) is 0 Å². The summed E-state index contributed by atoms with van der Waals surface area (Å²) < 4.78 is 12.4. The van der Waals surface area contributed by atoms with Gasteiger partial charge in [-0.1, -0.05) is 6.92 Å². The van der Waals surface area contributed by atoms with Crippen LogP contribution < -0.4 is 10.1 Å². The maximum Gasteiger partial charge on any atom is 0.211 e. The highest BCUT2D eigenvalue weighted by atomic mass is 16.5. The minimum atomic E-state index is 0.637. The van der Waals surface area contributed by atoms with Gasteiger partial charge in [-0.05, 0) is 13.0 Å². The molecule has 0 bridgehead atoms. The maximum atomic E-state index is 5.62. The highest BCUT2D eigenvalue weighted by Gasteiger charge is 2.12. The molecule has 18 heavy (non-hydrogen) atoms. The predicted molar refractivity (Wildman–Crippen MR) is 67.3 cm³/mol. The number of nitrogens with one attached hydrogen (secondary N) is 1. The summed E-state index contributed by atoms with van der Waals surface area (Å²) in [7, 11) is 3.43. The topological polar surface area (TPSA) is 65.1 Å². The Hall–Kier alpha value is -1.82. The smallest absolute Gasteiger partial charge is 0.211 e. The van der Waals surface area contributed by atoms with Gasteiger partial charge in [0.15, 0.2) is 5.76 Å². The molecule has 2 aromatic heterocycles. The lowest BCUT2D eigenvalue weighted by Gasteiger charge is -1.97. The van der Waals surface area contributed by atoms with Crippen molar-refractivity contribution >= 4 is 0 Å². The Morgan fingerprint density at radius 3 is 3.00 bits per heavy atom. The van der Waals surface area contributed by atoms with E-state index in [1.54, 1.807) is 18.0 Å². The molecular formula is C12H18N4O2. The number of rotatable bonds is 6. The quantitative estimate of drug-likeness (QED) is 0.789. The van der Waals surface area contributed by atoms with Crippen molar-refractivity contribution in [1.29, 1.82) is 0 Å². The zero-order valence-electron chi connectivity index (χ0n) is 10.9. The van der Waals surface area contributed by atoms with Gasteiger partial charge in [0.2, 0.25) is 11.8 Å². The number of methoxy groups -OCH3 is 1. The van der Waals surface area contributed by atoms with Crippen molar-refractivity contribution in [3.63, 3.8) is 0 Å². The first kappa shape index (κ1) is 12.6. The van der Waals surface area contributed by atoms with Crippen LogP contribution in [0.3, 0.4) is 0 Å². The first-order valence-corrected chi connectivity index (χ1v) is 5.98. The Labute approximate surface area is 106 Å². The minimum Gasteiger partial charge on any atom is -0.481 e. The lowest BCUT2D eigenvalue weighted by molar-refractivity contribution is 0.373. The van der Waals surface area contributed by atoms with Crippen LogP contribution in [0.2, 0.25) is 0 Å². The SMILES string of the molecule is CCCNCc1ncc(-c2cc(OC)n(C)n2)o1. The number of ether oxygens (including phenoxy) is 1. The zero-order valence-corrected chi connectivity index (χ0v) is 10.9. The molecule has 0 unspecified atom stereocenters. The normalized spacial score (nSPS) is 10.8. The van der Waals surface area contributed by atoms with Crippen LogP contribution >= 0.6 is 0 Å². The van der Waals surface area contributed by atoms with Crippen molar-refractivity contribution < 1.29 is 9.15 Å².